The Morgan fingerprint density at radius 3 is 2.65 bits per heavy atom. The number of aromatic nitrogens is 4. The minimum Gasteiger partial charge on any atom is -0.393 e. The molecule has 0 aliphatic carbocycles. The fourth-order valence-corrected chi connectivity index (χ4v) is 1.43. The molecule has 6 heteroatoms. The van der Waals surface area contributed by atoms with Gasteiger partial charge in [-0.25, -0.2) is 15.0 Å². The zero-order valence-corrected chi connectivity index (χ0v) is 10.2. The Labute approximate surface area is 99.9 Å². The summed E-state index contributed by atoms with van der Waals surface area (Å²) in [4.78, 5) is 12.3. The van der Waals surface area contributed by atoms with E-state index in [-0.39, 0.29) is 5.54 Å². The Bertz CT molecular complexity index is 497. The average molecular weight is 232 g/mol. The summed E-state index contributed by atoms with van der Waals surface area (Å²) >= 11 is 0. The monoisotopic (exact) mass is 232 g/mol. The average Bonchev–Trinajstić information content (AvgIpc) is 2.72. The molecule has 0 atom stereocenters. The van der Waals surface area contributed by atoms with Gasteiger partial charge in [0.05, 0.1) is 0 Å². The molecular weight excluding hydrogens is 216 g/mol. The van der Waals surface area contributed by atoms with E-state index in [4.69, 9.17) is 5.73 Å². The van der Waals surface area contributed by atoms with E-state index < -0.39 is 0 Å². The normalized spacial score (nSPS) is 11.5. The van der Waals surface area contributed by atoms with Crippen molar-refractivity contribution in [2.75, 3.05) is 11.1 Å². The van der Waals surface area contributed by atoms with Crippen molar-refractivity contribution in [3.05, 3.63) is 25.0 Å². The third kappa shape index (κ3) is 2.52. The molecule has 90 valence electrons. The van der Waals surface area contributed by atoms with Crippen LogP contribution in [0.3, 0.4) is 0 Å². The van der Waals surface area contributed by atoms with Crippen LogP contribution in [0.4, 0.5) is 11.5 Å². The minimum absolute atomic E-state index is 0.102. The maximum absolute atomic E-state index is 6.05. The highest BCUT2D eigenvalue weighted by Crippen LogP contribution is 2.23. The van der Waals surface area contributed by atoms with E-state index in [9.17, 15) is 0 Å². The van der Waals surface area contributed by atoms with Crippen LogP contribution in [0.15, 0.2) is 25.0 Å². The van der Waals surface area contributed by atoms with Crippen LogP contribution in [-0.4, -0.2) is 25.1 Å². The Kier molecular flexibility index (Phi) is 2.71. The number of imidazole rings is 1. The zero-order chi connectivity index (χ0) is 12.5. The highest BCUT2D eigenvalue weighted by atomic mass is 15.2. The standard InChI is InChI=1S/C11H16N6/c1-11(2,3)16-9-8(12)10(15-6-14-9)17-5-4-13-7-17/h4-7H,12H2,1-3H3,(H,14,15,16). The molecule has 0 fully saturated rings. The third-order valence-corrected chi connectivity index (χ3v) is 2.11. The number of anilines is 2. The van der Waals surface area contributed by atoms with Crippen LogP contribution in [-0.2, 0) is 0 Å². The molecule has 0 saturated carbocycles. The van der Waals surface area contributed by atoms with Gasteiger partial charge in [-0.1, -0.05) is 0 Å². The first-order valence-corrected chi connectivity index (χ1v) is 5.34. The third-order valence-electron chi connectivity index (χ3n) is 2.11. The Morgan fingerprint density at radius 2 is 2.06 bits per heavy atom. The summed E-state index contributed by atoms with van der Waals surface area (Å²) in [6.07, 6.45) is 6.61. The lowest BCUT2D eigenvalue weighted by Crippen LogP contribution is -2.27. The van der Waals surface area contributed by atoms with Gasteiger partial charge in [0.15, 0.2) is 11.6 Å². The molecular formula is C11H16N6. The van der Waals surface area contributed by atoms with E-state index >= 15 is 0 Å². The number of nitrogens with two attached hydrogens (primary N) is 1. The summed E-state index contributed by atoms with van der Waals surface area (Å²) in [5.41, 5.74) is 6.46. The molecule has 6 nitrogen and oxygen atoms in total. The molecule has 0 amide bonds. The van der Waals surface area contributed by atoms with Gasteiger partial charge in [-0.15, -0.1) is 0 Å². The summed E-state index contributed by atoms with van der Waals surface area (Å²) in [5, 5.41) is 3.24. The van der Waals surface area contributed by atoms with Crippen molar-refractivity contribution in [2.45, 2.75) is 26.3 Å². The molecule has 0 aliphatic rings. The van der Waals surface area contributed by atoms with E-state index in [1.165, 1.54) is 6.33 Å². The van der Waals surface area contributed by atoms with Crippen molar-refractivity contribution in [1.29, 1.82) is 0 Å². The van der Waals surface area contributed by atoms with Crippen LogP contribution >= 0.6 is 0 Å². The number of nitrogens with one attached hydrogen (secondary N) is 1. The lowest BCUT2D eigenvalue weighted by Gasteiger charge is -2.22. The lowest BCUT2D eigenvalue weighted by atomic mass is 10.1. The molecule has 2 rings (SSSR count). The second kappa shape index (κ2) is 4.04. The molecule has 0 saturated heterocycles. The van der Waals surface area contributed by atoms with Crippen molar-refractivity contribution < 1.29 is 0 Å². The van der Waals surface area contributed by atoms with Crippen LogP contribution < -0.4 is 11.1 Å². The Hall–Kier alpha value is -2.11. The van der Waals surface area contributed by atoms with Gasteiger partial charge in [0.1, 0.15) is 18.3 Å². The number of rotatable bonds is 2. The molecule has 0 bridgehead atoms. The van der Waals surface area contributed by atoms with Crippen LogP contribution in [0.1, 0.15) is 20.8 Å². The minimum atomic E-state index is -0.102. The number of hydrogen-bond acceptors (Lipinski definition) is 5. The van der Waals surface area contributed by atoms with Crippen molar-refractivity contribution in [2.24, 2.45) is 0 Å². The summed E-state index contributed by atoms with van der Waals surface area (Å²) in [6.45, 7) is 6.14. The van der Waals surface area contributed by atoms with E-state index in [1.54, 1.807) is 23.3 Å². The van der Waals surface area contributed by atoms with Gasteiger partial charge in [-0.05, 0) is 20.8 Å². The largest absolute Gasteiger partial charge is 0.393 e. The Morgan fingerprint density at radius 1 is 1.29 bits per heavy atom. The highest BCUT2D eigenvalue weighted by molar-refractivity contribution is 5.69. The van der Waals surface area contributed by atoms with Crippen LogP contribution in [0.2, 0.25) is 0 Å². The summed E-state index contributed by atoms with van der Waals surface area (Å²) in [6, 6.07) is 0. The fraction of sp³-hybridized carbons (Fsp3) is 0.364. The summed E-state index contributed by atoms with van der Waals surface area (Å²) < 4.78 is 1.75. The lowest BCUT2D eigenvalue weighted by molar-refractivity contribution is 0.630. The van der Waals surface area contributed by atoms with E-state index in [1.807, 2.05) is 20.8 Å². The molecule has 0 radical (unpaired) electrons. The van der Waals surface area contributed by atoms with Crippen molar-refractivity contribution in [3.63, 3.8) is 0 Å². The first-order chi connectivity index (χ1) is 7.97. The van der Waals surface area contributed by atoms with Crippen molar-refractivity contribution in [1.82, 2.24) is 19.5 Å². The number of nitrogens with zero attached hydrogens (tertiary/aromatic N) is 4. The number of hydrogen-bond donors (Lipinski definition) is 2. The molecule has 17 heavy (non-hydrogen) atoms. The molecule has 0 aromatic carbocycles. The van der Waals surface area contributed by atoms with Gasteiger partial charge in [0, 0.05) is 17.9 Å². The molecule has 3 N–H and O–H groups in total. The predicted molar refractivity (Wildman–Crippen MR) is 66.9 cm³/mol. The molecule has 2 aromatic rings. The Balaban J connectivity index is 2.41. The first kappa shape index (κ1) is 11.4. The second-order valence-corrected chi connectivity index (χ2v) is 4.80. The maximum atomic E-state index is 6.05. The molecule has 0 aliphatic heterocycles. The van der Waals surface area contributed by atoms with E-state index in [0.717, 1.165) is 0 Å². The second-order valence-electron chi connectivity index (χ2n) is 4.80. The van der Waals surface area contributed by atoms with Gasteiger partial charge in [-0.2, -0.15) is 0 Å². The molecule has 2 aromatic heterocycles. The van der Waals surface area contributed by atoms with Gasteiger partial charge >= 0.3 is 0 Å². The van der Waals surface area contributed by atoms with Crippen molar-refractivity contribution in [3.8, 4) is 5.82 Å². The van der Waals surface area contributed by atoms with Crippen LogP contribution in [0, 0.1) is 0 Å². The van der Waals surface area contributed by atoms with Gasteiger partial charge in [0.2, 0.25) is 0 Å². The summed E-state index contributed by atoms with van der Waals surface area (Å²) in [7, 11) is 0. The zero-order valence-electron chi connectivity index (χ0n) is 10.2. The SMILES string of the molecule is CC(C)(C)Nc1ncnc(-n2ccnc2)c1N. The predicted octanol–water partition coefficient (Wildman–Crippen LogP) is 1.45. The molecule has 0 spiro atoms. The molecule has 0 unspecified atom stereocenters. The fourth-order valence-electron chi connectivity index (χ4n) is 1.43. The van der Waals surface area contributed by atoms with E-state index in [0.29, 0.717) is 17.3 Å². The van der Waals surface area contributed by atoms with Gasteiger partial charge < -0.3 is 11.1 Å². The van der Waals surface area contributed by atoms with Gasteiger partial charge in [-0.3, -0.25) is 4.57 Å². The highest BCUT2D eigenvalue weighted by Gasteiger charge is 2.15. The smallest absolute Gasteiger partial charge is 0.166 e. The van der Waals surface area contributed by atoms with Crippen LogP contribution in [0.25, 0.3) is 5.82 Å². The van der Waals surface area contributed by atoms with Crippen molar-refractivity contribution >= 4 is 11.5 Å². The van der Waals surface area contributed by atoms with Crippen LogP contribution in [0.5, 0.6) is 0 Å². The molecule has 2 heterocycles. The quantitative estimate of drug-likeness (QED) is 0.819. The summed E-state index contributed by atoms with van der Waals surface area (Å²) in [5.74, 6) is 1.26. The number of nitrogen functional groups attached to an aromatic ring is 1. The van der Waals surface area contributed by atoms with Gasteiger partial charge in [0.25, 0.3) is 0 Å². The van der Waals surface area contributed by atoms with E-state index in [2.05, 4.69) is 20.3 Å². The topological polar surface area (TPSA) is 81.7 Å². The maximum Gasteiger partial charge on any atom is 0.166 e. The first-order valence-electron chi connectivity index (χ1n) is 5.34.